The van der Waals surface area contributed by atoms with E-state index in [-0.39, 0.29) is 6.04 Å². The van der Waals surface area contributed by atoms with Crippen molar-refractivity contribution in [3.63, 3.8) is 0 Å². The Bertz CT molecular complexity index is 442. The molecule has 112 valence electrons. The zero-order valence-corrected chi connectivity index (χ0v) is 14.2. The topological polar surface area (TPSA) is 38.5 Å². The monoisotopic (exact) mass is 340 g/mol. The van der Waals surface area contributed by atoms with Crippen LogP contribution in [0.4, 0.5) is 0 Å². The highest BCUT2D eigenvalue weighted by Crippen LogP contribution is 2.34. The second-order valence-corrected chi connectivity index (χ2v) is 6.95. The maximum Gasteiger partial charge on any atom is 0.123 e. The van der Waals surface area contributed by atoms with Crippen molar-refractivity contribution < 1.29 is 4.74 Å². The summed E-state index contributed by atoms with van der Waals surface area (Å²) >= 11 is 3.56. The lowest BCUT2D eigenvalue weighted by Crippen LogP contribution is -2.43. The minimum Gasteiger partial charge on any atom is -0.496 e. The van der Waals surface area contributed by atoms with Gasteiger partial charge in [0.2, 0.25) is 0 Å². The second kappa shape index (κ2) is 6.92. The highest BCUT2D eigenvalue weighted by Gasteiger charge is 2.29. The van der Waals surface area contributed by atoms with Crippen molar-refractivity contribution in [3.05, 3.63) is 28.2 Å². The summed E-state index contributed by atoms with van der Waals surface area (Å²) in [5.41, 5.74) is 7.27. The number of likely N-dealkylation sites (tertiary alicyclic amines) is 1. The summed E-state index contributed by atoms with van der Waals surface area (Å²) in [5.74, 6) is 2.38. The molecule has 20 heavy (non-hydrogen) atoms. The van der Waals surface area contributed by atoms with E-state index in [1.165, 1.54) is 12.0 Å². The number of ether oxygens (including phenoxy) is 1. The largest absolute Gasteiger partial charge is 0.496 e. The molecule has 1 aromatic carbocycles. The van der Waals surface area contributed by atoms with Crippen LogP contribution in [0.3, 0.4) is 0 Å². The summed E-state index contributed by atoms with van der Waals surface area (Å²) in [6, 6.07) is 6.39. The summed E-state index contributed by atoms with van der Waals surface area (Å²) in [5, 5.41) is 0. The van der Waals surface area contributed by atoms with E-state index < -0.39 is 0 Å². The number of piperidine rings is 1. The maximum absolute atomic E-state index is 6.09. The van der Waals surface area contributed by atoms with Gasteiger partial charge >= 0.3 is 0 Å². The summed E-state index contributed by atoms with van der Waals surface area (Å²) in [6.07, 6.45) is 1.31. The molecule has 3 nitrogen and oxygen atoms in total. The van der Waals surface area contributed by atoms with E-state index in [0.29, 0.717) is 6.54 Å². The highest BCUT2D eigenvalue weighted by molar-refractivity contribution is 9.10. The Morgan fingerprint density at radius 2 is 2.00 bits per heavy atom. The van der Waals surface area contributed by atoms with Gasteiger partial charge in [-0.2, -0.15) is 0 Å². The van der Waals surface area contributed by atoms with Crippen LogP contribution in [0.2, 0.25) is 0 Å². The molecule has 1 aliphatic heterocycles. The lowest BCUT2D eigenvalue weighted by molar-refractivity contribution is 0.0971. The van der Waals surface area contributed by atoms with Crippen molar-refractivity contribution in [1.29, 1.82) is 0 Å². The van der Waals surface area contributed by atoms with Crippen LogP contribution in [0, 0.1) is 11.8 Å². The predicted octanol–water partition coefficient (Wildman–Crippen LogP) is 3.44. The number of rotatable bonds is 4. The SMILES string of the molecule is COc1ccc(Br)cc1C(CN)N1CC(C)CC(C)C1. The van der Waals surface area contributed by atoms with Crippen molar-refractivity contribution in [2.45, 2.75) is 26.3 Å². The Labute approximate surface area is 130 Å². The molecule has 0 aliphatic carbocycles. The standard InChI is InChI=1S/C16H25BrN2O/c1-11-6-12(2)10-19(9-11)15(8-18)14-7-13(17)4-5-16(14)20-3/h4-5,7,11-12,15H,6,8-10,18H2,1-3H3. The van der Waals surface area contributed by atoms with Gasteiger partial charge < -0.3 is 10.5 Å². The summed E-state index contributed by atoms with van der Waals surface area (Å²) in [6.45, 7) is 7.50. The molecule has 0 radical (unpaired) electrons. The van der Waals surface area contributed by atoms with Gasteiger partial charge in [-0.25, -0.2) is 0 Å². The lowest BCUT2D eigenvalue weighted by Gasteiger charge is -2.40. The zero-order valence-electron chi connectivity index (χ0n) is 12.6. The van der Waals surface area contributed by atoms with E-state index in [9.17, 15) is 0 Å². The zero-order chi connectivity index (χ0) is 14.7. The molecule has 1 aliphatic rings. The Morgan fingerprint density at radius 1 is 1.35 bits per heavy atom. The number of benzene rings is 1. The van der Waals surface area contributed by atoms with Crippen molar-refractivity contribution in [1.82, 2.24) is 4.90 Å². The van der Waals surface area contributed by atoms with Gasteiger partial charge in [-0.1, -0.05) is 29.8 Å². The van der Waals surface area contributed by atoms with Gasteiger partial charge in [0.25, 0.3) is 0 Å². The fourth-order valence-electron chi connectivity index (χ4n) is 3.40. The number of hydrogen-bond donors (Lipinski definition) is 1. The lowest BCUT2D eigenvalue weighted by atomic mass is 9.89. The van der Waals surface area contributed by atoms with Gasteiger partial charge in [-0.05, 0) is 36.5 Å². The van der Waals surface area contributed by atoms with Crippen LogP contribution in [0.1, 0.15) is 31.9 Å². The van der Waals surface area contributed by atoms with Gasteiger partial charge in [-0.3, -0.25) is 4.90 Å². The molecule has 0 spiro atoms. The van der Waals surface area contributed by atoms with Crippen LogP contribution >= 0.6 is 15.9 Å². The summed E-state index contributed by atoms with van der Waals surface area (Å²) < 4.78 is 6.60. The Balaban J connectivity index is 2.29. The third kappa shape index (κ3) is 3.54. The minimum atomic E-state index is 0.229. The molecule has 0 amide bonds. The van der Waals surface area contributed by atoms with E-state index >= 15 is 0 Å². The average molecular weight is 341 g/mol. The van der Waals surface area contributed by atoms with Gasteiger partial charge in [0.05, 0.1) is 13.2 Å². The third-order valence-electron chi connectivity index (χ3n) is 4.11. The molecular weight excluding hydrogens is 316 g/mol. The number of halogens is 1. The van der Waals surface area contributed by atoms with Crippen molar-refractivity contribution in [2.24, 2.45) is 17.6 Å². The van der Waals surface area contributed by atoms with E-state index in [2.05, 4.69) is 40.7 Å². The first kappa shape index (κ1) is 15.8. The van der Waals surface area contributed by atoms with E-state index in [1.54, 1.807) is 7.11 Å². The summed E-state index contributed by atoms with van der Waals surface area (Å²) in [7, 11) is 1.72. The highest BCUT2D eigenvalue weighted by atomic mass is 79.9. The van der Waals surface area contributed by atoms with Gasteiger partial charge in [0.1, 0.15) is 5.75 Å². The Morgan fingerprint density at radius 3 is 2.55 bits per heavy atom. The van der Waals surface area contributed by atoms with Crippen molar-refractivity contribution in [3.8, 4) is 5.75 Å². The van der Waals surface area contributed by atoms with Crippen molar-refractivity contribution in [2.75, 3.05) is 26.7 Å². The predicted molar refractivity (Wildman–Crippen MR) is 87.0 cm³/mol. The van der Waals surface area contributed by atoms with Crippen molar-refractivity contribution >= 4 is 15.9 Å². The number of nitrogens with two attached hydrogens (primary N) is 1. The Kier molecular flexibility index (Phi) is 5.47. The molecule has 2 N–H and O–H groups in total. The van der Waals surface area contributed by atoms with Gasteiger partial charge in [0, 0.05) is 29.7 Å². The van der Waals surface area contributed by atoms with E-state index in [1.807, 2.05) is 12.1 Å². The average Bonchev–Trinajstić information content (AvgIpc) is 2.39. The second-order valence-electron chi connectivity index (χ2n) is 6.04. The molecule has 2 rings (SSSR count). The molecule has 1 fully saturated rings. The van der Waals surface area contributed by atoms with E-state index in [4.69, 9.17) is 10.5 Å². The number of nitrogens with zero attached hydrogens (tertiary/aromatic N) is 1. The molecule has 0 aromatic heterocycles. The summed E-state index contributed by atoms with van der Waals surface area (Å²) in [4.78, 5) is 2.52. The molecular formula is C16H25BrN2O. The molecule has 3 atom stereocenters. The number of methoxy groups -OCH3 is 1. The van der Waals surface area contributed by atoms with Crippen LogP contribution in [-0.4, -0.2) is 31.6 Å². The molecule has 0 saturated carbocycles. The Hall–Kier alpha value is -0.580. The fraction of sp³-hybridized carbons (Fsp3) is 0.625. The molecule has 1 saturated heterocycles. The maximum atomic E-state index is 6.09. The van der Waals surface area contributed by atoms with Crippen LogP contribution in [0.5, 0.6) is 5.75 Å². The van der Waals surface area contributed by atoms with Gasteiger partial charge in [0.15, 0.2) is 0 Å². The van der Waals surface area contributed by atoms with Crippen LogP contribution in [0.25, 0.3) is 0 Å². The van der Waals surface area contributed by atoms with Crippen LogP contribution in [0.15, 0.2) is 22.7 Å². The first-order chi connectivity index (χ1) is 9.55. The molecule has 4 heteroatoms. The molecule has 1 heterocycles. The molecule has 0 bridgehead atoms. The normalized spacial score (nSPS) is 25.4. The first-order valence-corrected chi connectivity index (χ1v) is 8.12. The smallest absolute Gasteiger partial charge is 0.123 e. The van der Waals surface area contributed by atoms with E-state index in [0.717, 1.165) is 35.1 Å². The molecule has 1 aromatic rings. The van der Waals surface area contributed by atoms with Crippen LogP contribution < -0.4 is 10.5 Å². The fourth-order valence-corrected chi connectivity index (χ4v) is 3.78. The van der Waals surface area contributed by atoms with Gasteiger partial charge in [-0.15, -0.1) is 0 Å². The number of hydrogen-bond acceptors (Lipinski definition) is 3. The quantitative estimate of drug-likeness (QED) is 0.912. The minimum absolute atomic E-state index is 0.229. The molecule has 3 unspecified atom stereocenters. The third-order valence-corrected chi connectivity index (χ3v) is 4.61. The van der Waals surface area contributed by atoms with Crippen LogP contribution in [-0.2, 0) is 0 Å². The first-order valence-electron chi connectivity index (χ1n) is 7.32.